The van der Waals surface area contributed by atoms with Crippen LogP contribution < -0.4 is 11.1 Å². The van der Waals surface area contributed by atoms with Crippen molar-refractivity contribution in [2.75, 3.05) is 32.9 Å². The van der Waals surface area contributed by atoms with Crippen LogP contribution in [0, 0.1) is 0 Å². The third-order valence-corrected chi connectivity index (χ3v) is 3.47. The largest absolute Gasteiger partial charge is 0.434 e. The molecule has 2 aromatic heterocycles. The SMILES string of the molecule is CN(C)CCNC(=O)c1cc(N)cc(-c2nc3ncccc3o2)c1. The number of nitrogen functional groups attached to an aromatic ring is 1. The molecule has 0 aliphatic carbocycles. The molecule has 1 amide bonds. The number of oxazole rings is 1. The average Bonchev–Trinajstić information content (AvgIpc) is 2.98. The Morgan fingerprint density at radius 2 is 2.17 bits per heavy atom. The molecular weight excluding hydrogens is 306 g/mol. The normalized spacial score (nSPS) is 11.1. The first-order valence-electron chi connectivity index (χ1n) is 7.58. The molecule has 0 spiro atoms. The van der Waals surface area contributed by atoms with Crippen LogP contribution in [0.2, 0.25) is 0 Å². The fourth-order valence-corrected chi connectivity index (χ4v) is 2.29. The van der Waals surface area contributed by atoms with Gasteiger partial charge in [-0.3, -0.25) is 4.79 Å². The number of nitrogens with zero attached hydrogens (tertiary/aromatic N) is 3. The van der Waals surface area contributed by atoms with Crippen molar-refractivity contribution in [2.24, 2.45) is 0 Å². The third-order valence-electron chi connectivity index (χ3n) is 3.47. The molecule has 0 bridgehead atoms. The van der Waals surface area contributed by atoms with E-state index in [-0.39, 0.29) is 5.91 Å². The molecule has 3 aromatic rings. The number of nitrogens with two attached hydrogens (primary N) is 1. The molecule has 24 heavy (non-hydrogen) atoms. The minimum absolute atomic E-state index is 0.181. The van der Waals surface area contributed by atoms with E-state index in [0.717, 1.165) is 6.54 Å². The minimum atomic E-state index is -0.181. The van der Waals surface area contributed by atoms with Gasteiger partial charge < -0.3 is 20.4 Å². The van der Waals surface area contributed by atoms with Gasteiger partial charge in [-0.05, 0) is 44.4 Å². The number of anilines is 1. The predicted octanol–water partition coefficient (Wildman–Crippen LogP) is 1.76. The molecular formula is C17H19N5O2. The monoisotopic (exact) mass is 325 g/mol. The van der Waals surface area contributed by atoms with E-state index in [0.29, 0.717) is 40.5 Å². The molecule has 124 valence electrons. The van der Waals surface area contributed by atoms with Gasteiger partial charge in [0.25, 0.3) is 5.91 Å². The molecule has 0 saturated carbocycles. The van der Waals surface area contributed by atoms with E-state index in [9.17, 15) is 4.79 Å². The molecule has 0 radical (unpaired) electrons. The molecule has 0 fully saturated rings. The standard InChI is InChI=1S/C17H19N5O2/c1-22(2)7-6-20-16(23)11-8-12(10-13(18)9-11)17-21-15-14(24-17)4-3-5-19-15/h3-5,8-10H,6-7,18H2,1-2H3,(H,20,23). The van der Waals surface area contributed by atoms with Gasteiger partial charge >= 0.3 is 0 Å². The van der Waals surface area contributed by atoms with Crippen molar-refractivity contribution in [1.29, 1.82) is 0 Å². The van der Waals surface area contributed by atoms with Gasteiger partial charge in [-0.15, -0.1) is 0 Å². The zero-order valence-electron chi connectivity index (χ0n) is 13.6. The first-order valence-corrected chi connectivity index (χ1v) is 7.58. The van der Waals surface area contributed by atoms with Crippen molar-refractivity contribution in [2.45, 2.75) is 0 Å². The summed E-state index contributed by atoms with van der Waals surface area (Å²) in [6.45, 7) is 1.32. The molecule has 2 heterocycles. The molecule has 0 atom stereocenters. The van der Waals surface area contributed by atoms with Crippen LogP contribution >= 0.6 is 0 Å². The Balaban J connectivity index is 1.87. The van der Waals surface area contributed by atoms with Crippen LogP contribution in [0.4, 0.5) is 5.69 Å². The summed E-state index contributed by atoms with van der Waals surface area (Å²) in [6, 6.07) is 8.64. The number of carbonyl (C=O) groups excluding carboxylic acids is 1. The van der Waals surface area contributed by atoms with E-state index in [1.165, 1.54) is 0 Å². The van der Waals surface area contributed by atoms with Crippen LogP contribution in [0.5, 0.6) is 0 Å². The topological polar surface area (TPSA) is 97.3 Å². The van der Waals surface area contributed by atoms with Crippen LogP contribution in [0.3, 0.4) is 0 Å². The number of benzene rings is 1. The van der Waals surface area contributed by atoms with Crippen molar-refractivity contribution in [3.63, 3.8) is 0 Å². The summed E-state index contributed by atoms with van der Waals surface area (Å²) in [7, 11) is 3.90. The van der Waals surface area contributed by atoms with E-state index in [1.54, 1.807) is 36.5 Å². The molecule has 7 heteroatoms. The highest BCUT2D eigenvalue weighted by Gasteiger charge is 2.13. The number of pyridine rings is 1. The minimum Gasteiger partial charge on any atom is -0.434 e. The number of carbonyl (C=O) groups is 1. The maximum atomic E-state index is 12.3. The zero-order chi connectivity index (χ0) is 17.1. The van der Waals surface area contributed by atoms with Crippen LogP contribution in [0.1, 0.15) is 10.4 Å². The van der Waals surface area contributed by atoms with Crippen LogP contribution in [-0.2, 0) is 0 Å². The fourth-order valence-electron chi connectivity index (χ4n) is 2.29. The van der Waals surface area contributed by atoms with Gasteiger partial charge in [-0.1, -0.05) is 0 Å². The number of rotatable bonds is 5. The quantitative estimate of drug-likeness (QED) is 0.694. The van der Waals surface area contributed by atoms with Gasteiger partial charge in [0.1, 0.15) is 0 Å². The lowest BCUT2D eigenvalue weighted by Crippen LogP contribution is -2.31. The summed E-state index contributed by atoms with van der Waals surface area (Å²) in [4.78, 5) is 22.8. The second kappa shape index (κ2) is 6.67. The van der Waals surface area contributed by atoms with Crippen LogP contribution in [-0.4, -0.2) is 48.0 Å². The highest BCUT2D eigenvalue weighted by atomic mass is 16.3. The maximum absolute atomic E-state index is 12.3. The van der Waals surface area contributed by atoms with E-state index >= 15 is 0 Å². The lowest BCUT2D eigenvalue weighted by Gasteiger charge is -2.11. The molecule has 0 saturated heterocycles. The maximum Gasteiger partial charge on any atom is 0.251 e. The van der Waals surface area contributed by atoms with E-state index in [4.69, 9.17) is 10.2 Å². The Labute approximate surface area is 139 Å². The highest BCUT2D eigenvalue weighted by Crippen LogP contribution is 2.26. The average molecular weight is 325 g/mol. The number of aromatic nitrogens is 2. The molecule has 0 unspecified atom stereocenters. The summed E-state index contributed by atoms with van der Waals surface area (Å²) >= 11 is 0. The lowest BCUT2D eigenvalue weighted by molar-refractivity contribution is 0.0951. The highest BCUT2D eigenvalue weighted by molar-refractivity contribution is 5.96. The Morgan fingerprint density at radius 3 is 2.92 bits per heavy atom. The second-order valence-corrected chi connectivity index (χ2v) is 5.75. The number of amides is 1. The van der Waals surface area contributed by atoms with Crippen molar-refractivity contribution < 1.29 is 9.21 Å². The van der Waals surface area contributed by atoms with Gasteiger partial charge in [-0.2, -0.15) is 4.98 Å². The van der Waals surface area contributed by atoms with Gasteiger partial charge in [-0.25, -0.2) is 4.98 Å². The predicted molar refractivity (Wildman–Crippen MR) is 92.5 cm³/mol. The number of likely N-dealkylation sites (N-methyl/N-ethyl adjacent to an activating group) is 1. The molecule has 0 aliphatic heterocycles. The molecule has 3 N–H and O–H groups in total. The van der Waals surface area contributed by atoms with E-state index in [1.807, 2.05) is 19.0 Å². The number of hydrogen-bond acceptors (Lipinski definition) is 6. The Hall–Kier alpha value is -2.93. The van der Waals surface area contributed by atoms with Gasteiger partial charge in [0.2, 0.25) is 5.89 Å². The number of fused-ring (bicyclic) bond motifs is 1. The zero-order valence-corrected chi connectivity index (χ0v) is 13.6. The second-order valence-electron chi connectivity index (χ2n) is 5.75. The van der Waals surface area contributed by atoms with Crippen LogP contribution in [0.15, 0.2) is 40.9 Å². The van der Waals surface area contributed by atoms with Gasteiger partial charge in [0, 0.05) is 36.1 Å². The summed E-state index contributed by atoms with van der Waals surface area (Å²) < 4.78 is 5.69. The van der Waals surface area contributed by atoms with Crippen molar-refractivity contribution in [3.8, 4) is 11.5 Å². The summed E-state index contributed by atoms with van der Waals surface area (Å²) in [5, 5.41) is 2.86. The van der Waals surface area contributed by atoms with Crippen molar-refractivity contribution >= 4 is 22.8 Å². The van der Waals surface area contributed by atoms with E-state index < -0.39 is 0 Å². The van der Waals surface area contributed by atoms with Crippen molar-refractivity contribution in [3.05, 3.63) is 42.1 Å². The Morgan fingerprint density at radius 1 is 1.33 bits per heavy atom. The van der Waals surface area contributed by atoms with Gasteiger partial charge in [0.15, 0.2) is 11.2 Å². The number of hydrogen-bond donors (Lipinski definition) is 2. The lowest BCUT2D eigenvalue weighted by atomic mass is 10.1. The molecule has 1 aromatic carbocycles. The fraction of sp³-hybridized carbons (Fsp3) is 0.235. The molecule has 7 nitrogen and oxygen atoms in total. The third kappa shape index (κ3) is 3.52. The molecule has 0 aliphatic rings. The first kappa shape index (κ1) is 15.9. The summed E-state index contributed by atoms with van der Waals surface area (Å²) in [5.74, 6) is 0.206. The van der Waals surface area contributed by atoms with E-state index in [2.05, 4.69) is 15.3 Å². The molecule has 3 rings (SSSR count). The smallest absolute Gasteiger partial charge is 0.251 e. The van der Waals surface area contributed by atoms with Crippen LogP contribution in [0.25, 0.3) is 22.7 Å². The van der Waals surface area contributed by atoms with Gasteiger partial charge in [0.05, 0.1) is 0 Å². The number of nitrogens with one attached hydrogen (secondary N) is 1. The summed E-state index contributed by atoms with van der Waals surface area (Å²) in [6.07, 6.45) is 1.65. The first-order chi connectivity index (χ1) is 11.5. The Bertz CT molecular complexity index is 839. The summed E-state index contributed by atoms with van der Waals surface area (Å²) in [5.41, 5.74) is 8.63. The van der Waals surface area contributed by atoms with Crippen molar-refractivity contribution in [1.82, 2.24) is 20.2 Å². The Kier molecular flexibility index (Phi) is 4.43.